The lowest BCUT2D eigenvalue weighted by Crippen LogP contribution is -2.47. The SMILES string of the molecule is N#Cc1ccc(Oc2ccc3[nH]cc(CC(N)C(=O)N4CSCC4C#N)c3c2)nc1. The lowest BCUT2D eigenvalue weighted by molar-refractivity contribution is -0.132. The van der Waals surface area contributed by atoms with E-state index in [1.165, 1.54) is 6.20 Å². The molecule has 1 aromatic carbocycles. The number of thioether (sulfide) groups is 1. The van der Waals surface area contributed by atoms with Gasteiger partial charge in [-0.1, -0.05) is 0 Å². The normalized spacial score (nSPS) is 16.8. The van der Waals surface area contributed by atoms with Crippen molar-refractivity contribution in [3.8, 4) is 23.8 Å². The van der Waals surface area contributed by atoms with Crippen LogP contribution in [0.4, 0.5) is 0 Å². The average molecular weight is 418 g/mol. The standard InChI is InChI=1S/C21H18N6O2S/c22-7-13-1-4-20(26-9-13)29-16-2-3-19-17(6-16)14(10-25-19)5-18(24)21(28)27-12-30-11-15(27)8-23/h1-4,6,9-10,15,18,25H,5,11-12,24H2. The number of nitrogens with one attached hydrogen (secondary N) is 1. The van der Waals surface area contributed by atoms with Gasteiger partial charge in [-0.3, -0.25) is 4.79 Å². The van der Waals surface area contributed by atoms with Gasteiger partial charge in [0, 0.05) is 35.1 Å². The number of benzene rings is 1. The molecule has 0 saturated carbocycles. The Kier molecular flexibility index (Phi) is 5.57. The number of carbonyl (C=O) groups is 1. The minimum absolute atomic E-state index is 0.213. The number of nitriles is 2. The van der Waals surface area contributed by atoms with Crippen LogP contribution in [0.25, 0.3) is 10.9 Å². The first-order valence-electron chi connectivity index (χ1n) is 9.26. The van der Waals surface area contributed by atoms with Crippen LogP contribution in [0.5, 0.6) is 11.6 Å². The Hall–Kier alpha value is -3.53. The first-order valence-corrected chi connectivity index (χ1v) is 10.4. The Morgan fingerprint density at radius 1 is 1.40 bits per heavy atom. The molecule has 0 spiro atoms. The van der Waals surface area contributed by atoms with Crippen LogP contribution in [0.15, 0.2) is 42.7 Å². The van der Waals surface area contributed by atoms with E-state index in [9.17, 15) is 10.1 Å². The highest BCUT2D eigenvalue weighted by Gasteiger charge is 2.32. The van der Waals surface area contributed by atoms with E-state index in [2.05, 4.69) is 16.0 Å². The maximum Gasteiger partial charge on any atom is 0.241 e. The topological polar surface area (TPSA) is 132 Å². The molecule has 2 aromatic heterocycles. The summed E-state index contributed by atoms with van der Waals surface area (Å²) in [5.74, 6) is 1.86. The van der Waals surface area contributed by atoms with Crippen LogP contribution in [0.2, 0.25) is 0 Å². The van der Waals surface area contributed by atoms with Crippen molar-refractivity contribution in [1.82, 2.24) is 14.9 Å². The van der Waals surface area contributed by atoms with Gasteiger partial charge in [0.2, 0.25) is 11.8 Å². The zero-order chi connectivity index (χ0) is 21.1. The minimum atomic E-state index is -0.733. The molecule has 0 aliphatic carbocycles. The van der Waals surface area contributed by atoms with Gasteiger partial charge in [-0.15, -0.1) is 11.8 Å². The number of H-pyrrole nitrogens is 1. The number of rotatable bonds is 5. The highest BCUT2D eigenvalue weighted by Crippen LogP contribution is 2.28. The van der Waals surface area contributed by atoms with Crippen LogP contribution in [0.3, 0.4) is 0 Å². The third kappa shape index (κ3) is 3.94. The van der Waals surface area contributed by atoms with Crippen molar-refractivity contribution in [1.29, 1.82) is 10.5 Å². The van der Waals surface area contributed by atoms with E-state index in [1.54, 1.807) is 28.8 Å². The van der Waals surface area contributed by atoms with Crippen LogP contribution < -0.4 is 10.5 Å². The van der Waals surface area contributed by atoms with Crippen molar-refractivity contribution in [2.45, 2.75) is 18.5 Å². The molecule has 1 aliphatic rings. The number of carbonyl (C=O) groups excluding carboxylic acids is 1. The molecule has 1 fully saturated rings. The van der Waals surface area contributed by atoms with Gasteiger partial charge in [-0.05, 0) is 36.2 Å². The van der Waals surface area contributed by atoms with Gasteiger partial charge in [0.15, 0.2) is 0 Å². The van der Waals surface area contributed by atoms with Crippen LogP contribution in [-0.4, -0.2) is 44.5 Å². The summed E-state index contributed by atoms with van der Waals surface area (Å²) in [5.41, 5.74) is 8.44. The van der Waals surface area contributed by atoms with Gasteiger partial charge in [0.25, 0.3) is 0 Å². The molecule has 1 aliphatic heterocycles. The van der Waals surface area contributed by atoms with Gasteiger partial charge in [0.1, 0.15) is 17.9 Å². The lowest BCUT2D eigenvalue weighted by atomic mass is 10.0. The van der Waals surface area contributed by atoms with Crippen molar-refractivity contribution >= 4 is 28.6 Å². The van der Waals surface area contributed by atoms with Gasteiger partial charge in [0.05, 0.1) is 23.6 Å². The van der Waals surface area contributed by atoms with Crippen molar-refractivity contribution in [3.63, 3.8) is 0 Å². The fraction of sp³-hybridized carbons (Fsp3) is 0.238. The van der Waals surface area contributed by atoms with Crippen LogP contribution in [-0.2, 0) is 11.2 Å². The molecule has 3 N–H and O–H groups in total. The van der Waals surface area contributed by atoms with E-state index in [1.807, 2.05) is 30.5 Å². The second-order valence-corrected chi connectivity index (χ2v) is 7.88. The highest BCUT2D eigenvalue weighted by atomic mass is 32.2. The summed E-state index contributed by atoms with van der Waals surface area (Å²) in [7, 11) is 0. The van der Waals surface area contributed by atoms with Crippen molar-refractivity contribution in [3.05, 3.63) is 53.9 Å². The van der Waals surface area contributed by atoms with Gasteiger partial charge < -0.3 is 20.4 Å². The van der Waals surface area contributed by atoms with E-state index in [0.717, 1.165) is 16.5 Å². The summed E-state index contributed by atoms with van der Waals surface area (Å²) in [6.07, 6.45) is 3.63. The molecule has 3 heterocycles. The zero-order valence-electron chi connectivity index (χ0n) is 15.9. The zero-order valence-corrected chi connectivity index (χ0v) is 16.7. The van der Waals surface area contributed by atoms with E-state index in [4.69, 9.17) is 15.7 Å². The third-order valence-electron chi connectivity index (χ3n) is 4.90. The fourth-order valence-corrected chi connectivity index (χ4v) is 4.41. The van der Waals surface area contributed by atoms with Gasteiger partial charge in [-0.2, -0.15) is 10.5 Å². The van der Waals surface area contributed by atoms with Crippen LogP contribution in [0.1, 0.15) is 11.1 Å². The molecule has 8 nitrogen and oxygen atoms in total. The number of pyridine rings is 1. The quantitative estimate of drug-likeness (QED) is 0.650. The van der Waals surface area contributed by atoms with Crippen LogP contribution >= 0.6 is 11.8 Å². The lowest BCUT2D eigenvalue weighted by Gasteiger charge is -2.22. The van der Waals surface area contributed by atoms with Crippen molar-refractivity contribution in [2.75, 3.05) is 11.6 Å². The summed E-state index contributed by atoms with van der Waals surface area (Å²) in [6.45, 7) is 0. The van der Waals surface area contributed by atoms with E-state index in [-0.39, 0.29) is 5.91 Å². The number of amides is 1. The summed E-state index contributed by atoms with van der Waals surface area (Å²) in [6, 6.07) is 11.9. The summed E-state index contributed by atoms with van der Waals surface area (Å²) < 4.78 is 5.79. The molecular weight excluding hydrogens is 400 g/mol. The van der Waals surface area contributed by atoms with Gasteiger partial charge >= 0.3 is 0 Å². The number of aromatic nitrogens is 2. The number of ether oxygens (including phenoxy) is 1. The van der Waals surface area contributed by atoms with E-state index >= 15 is 0 Å². The molecule has 3 aromatic rings. The molecule has 1 amide bonds. The Balaban J connectivity index is 1.52. The Morgan fingerprint density at radius 2 is 2.27 bits per heavy atom. The molecule has 4 rings (SSSR count). The number of nitrogens with two attached hydrogens (primary N) is 1. The summed E-state index contributed by atoms with van der Waals surface area (Å²) in [5, 5.41) is 19.0. The Bertz CT molecular complexity index is 1160. The maximum atomic E-state index is 12.7. The molecule has 9 heteroatoms. The molecule has 1 saturated heterocycles. The Labute approximate surface area is 177 Å². The highest BCUT2D eigenvalue weighted by molar-refractivity contribution is 7.99. The molecular formula is C21H18N6O2S. The fourth-order valence-electron chi connectivity index (χ4n) is 3.32. The smallest absolute Gasteiger partial charge is 0.241 e. The van der Waals surface area contributed by atoms with Crippen LogP contribution in [0, 0.1) is 22.7 Å². The maximum absolute atomic E-state index is 12.7. The third-order valence-corrected chi connectivity index (χ3v) is 5.91. The molecule has 30 heavy (non-hydrogen) atoms. The van der Waals surface area contributed by atoms with Crippen molar-refractivity contribution in [2.24, 2.45) is 5.73 Å². The number of hydrogen-bond donors (Lipinski definition) is 2. The number of aromatic amines is 1. The molecule has 2 unspecified atom stereocenters. The predicted octanol–water partition coefficient (Wildman–Crippen LogP) is 2.52. The minimum Gasteiger partial charge on any atom is -0.439 e. The van der Waals surface area contributed by atoms with Crippen molar-refractivity contribution < 1.29 is 9.53 Å². The number of nitrogens with zero attached hydrogens (tertiary/aromatic N) is 4. The summed E-state index contributed by atoms with van der Waals surface area (Å²) in [4.78, 5) is 21.6. The molecule has 150 valence electrons. The monoisotopic (exact) mass is 418 g/mol. The predicted molar refractivity (Wildman–Crippen MR) is 113 cm³/mol. The summed E-state index contributed by atoms with van der Waals surface area (Å²) >= 11 is 1.56. The largest absolute Gasteiger partial charge is 0.439 e. The number of fused-ring (bicyclic) bond motifs is 1. The molecule has 0 bridgehead atoms. The Morgan fingerprint density at radius 3 is 3.00 bits per heavy atom. The first-order chi connectivity index (χ1) is 14.6. The van der Waals surface area contributed by atoms with Gasteiger partial charge in [-0.25, -0.2) is 4.98 Å². The molecule has 2 atom stereocenters. The number of hydrogen-bond acceptors (Lipinski definition) is 7. The molecule has 0 radical (unpaired) electrons. The van der Waals surface area contributed by atoms with E-state index in [0.29, 0.717) is 35.2 Å². The van der Waals surface area contributed by atoms with E-state index < -0.39 is 12.1 Å². The second kappa shape index (κ2) is 8.46. The second-order valence-electron chi connectivity index (χ2n) is 6.88. The average Bonchev–Trinajstić information content (AvgIpc) is 3.40. The first kappa shape index (κ1) is 19.8.